The van der Waals surface area contributed by atoms with Gasteiger partial charge in [-0.3, -0.25) is 4.79 Å². The summed E-state index contributed by atoms with van der Waals surface area (Å²) < 4.78 is 5.82. The molecule has 3 N–H and O–H groups in total. The lowest BCUT2D eigenvalue weighted by Gasteiger charge is -2.21. The molecular weight excluding hydrogens is 240 g/mol. The van der Waals surface area contributed by atoms with E-state index in [1.807, 2.05) is 38.1 Å². The summed E-state index contributed by atoms with van der Waals surface area (Å²) >= 11 is 0. The van der Waals surface area contributed by atoms with Crippen molar-refractivity contribution in [3.8, 4) is 0 Å². The van der Waals surface area contributed by atoms with Gasteiger partial charge in [-0.2, -0.15) is 0 Å². The second kappa shape index (κ2) is 4.70. The Hall–Kier alpha value is -1.81. The van der Waals surface area contributed by atoms with E-state index in [0.29, 0.717) is 0 Å². The van der Waals surface area contributed by atoms with Gasteiger partial charge in [-0.05, 0) is 33.8 Å². The van der Waals surface area contributed by atoms with Gasteiger partial charge in [-0.25, -0.2) is 0 Å². The number of aryl methyl sites for hydroxylation is 1. The minimum atomic E-state index is -0.895. The number of para-hydroxylation sites is 1. The Labute approximate surface area is 113 Å². The van der Waals surface area contributed by atoms with Crippen LogP contribution in [0.15, 0.2) is 28.7 Å². The summed E-state index contributed by atoms with van der Waals surface area (Å²) in [5.41, 5.74) is 6.77. The number of nitrogens with one attached hydrogen (secondary N) is 1. The van der Waals surface area contributed by atoms with Crippen molar-refractivity contribution in [2.75, 3.05) is 0 Å². The highest BCUT2D eigenvalue weighted by molar-refractivity contribution is 5.86. The van der Waals surface area contributed by atoms with Crippen molar-refractivity contribution in [3.63, 3.8) is 0 Å². The summed E-state index contributed by atoms with van der Waals surface area (Å²) in [6.45, 7) is 7.26. The number of fused-ring (bicyclic) bond motifs is 1. The molecule has 1 amide bonds. The lowest BCUT2D eigenvalue weighted by atomic mass is 10.0. The summed E-state index contributed by atoms with van der Waals surface area (Å²) in [6.07, 6.45) is 0. The van der Waals surface area contributed by atoms with Crippen molar-refractivity contribution >= 4 is 16.9 Å². The number of carbonyl (C=O) groups excluding carboxylic acids is 1. The quantitative estimate of drug-likeness (QED) is 0.891. The van der Waals surface area contributed by atoms with Crippen LogP contribution in [0, 0.1) is 6.92 Å². The van der Waals surface area contributed by atoms with Crippen LogP contribution in [0.2, 0.25) is 0 Å². The number of rotatable bonds is 3. The minimum Gasteiger partial charge on any atom is -0.459 e. The fourth-order valence-electron chi connectivity index (χ4n) is 2.05. The maximum atomic E-state index is 11.9. The molecule has 0 aliphatic carbocycles. The Balaban J connectivity index is 2.29. The molecule has 19 heavy (non-hydrogen) atoms. The van der Waals surface area contributed by atoms with Gasteiger partial charge in [0.25, 0.3) is 0 Å². The van der Waals surface area contributed by atoms with Gasteiger partial charge in [0, 0.05) is 10.9 Å². The first-order valence-electron chi connectivity index (χ1n) is 6.38. The van der Waals surface area contributed by atoms with Crippen molar-refractivity contribution < 1.29 is 9.21 Å². The highest BCUT2D eigenvalue weighted by Gasteiger charge is 2.25. The van der Waals surface area contributed by atoms with Gasteiger partial charge >= 0.3 is 0 Å². The molecule has 4 heteroatoms. The van der Waals surface area contributed by atoms with E-state index in [2.05, 4.69) is 5.32 Å². The predicted molar refractivity (Wildman–Crippen MR) is 75.8 cm³/mol. The Bertz CT molecular complexity index is 608. The van der Waals surface area contributed by atoms with Gasteiger partial charge < -0.3 is 15.5 Å². The standard InChI is InChI=1S/C15H20N2O2/c1-9-11-7-5-6-8-12(11)19-13(9)10(2)17-14(18)15(3,4)16/h5-8,10H,16H2,1-4H3,(H,17,18). The third-order valence-electron chi connectivity index (χ3n) is 3.21. The number of hydrogen-bond acceptors (Lipinski definition) is 3. The molecule has 0 fully saturated rings. The zero-order valence-electron chi connectivity index (χ0n) is 11.8. The average molecular weight is 260 g/mol. The van der Waals surface area contributed by atoms with Crippen molar-refractivity contribution in [2.24, 2.45) is 5.73 Å². The summed E-state index contributed by atoms with van der Waals surface area (Å²) in [7, 11) is 0. The third kappa shape index (κ3) is 2.63. The van der Waals surface area contributed by atoms with E-state index in [0.717, 1.165) is 22.3 Å². The smallest absolute Gasteiger partial charge is 0.240 e. The van der Waals surface area contributed by atoms with Crippen LogP contribution in [-0.2, 0) is 4.79 Å². The molecule has 0 aliphatic heterocycles. The van der Waals surface area contributed by atoms with Crippen LogP contribution < -0.4 is 11.1 Å². The van der Waals surface area contributed by atoms with E-state index < -0.39 is 5.54 Å². The number of amides is 1. The molecule has 1 unspecified atom stereocenters. The molecule has 2 rings (SSSR count). The van der Waals surface area contributed by atoms with Crippen molar-refractivity contribution in [1.82, 2.24) is 5.32 Å². The van der Waals surface area contributed by atoms with Crippen LogP contribution in [-0.4, -0.2) is 11.4 Å². The Morgan fingerprint density at radius 3 is 2.58 bits per heavy atom. The fraction of sp³-hybridized carbons (Fsp3) is 0.400. The molecule has 0 saturated heterocycles. The van der Waals surface area contributed by atoms with Crippen molar-refractivity contribution in [3.05, 3.63) is 35.6 Å². The topological polar surface area (TPSA) is 68.3 Å². The van der Waals surface area contributed by atoms with E-state index in [1.54, 1.807) is 13.8 Å². The van der Waals surface area contributed by atoms with Crippen LogP contribution in [0.1, 0.15) is 38.1 Å². The van der Waals surface area contributed by atoms with Crippen molar-refractivity contribution in [1.29, 1.82) is 0 Å². The second-order valence-electron chi connectivity index (χ2n) is 5.50. The average Bonchev–Trinajstić information content (AvgIpc) is 2.66. The Morgan fingerprint density at radius 2 is 2.00 bits per heavy atom. The molecular formula is C15H20N2O2. The zero-order chi connectivity index (χ0) is 14.2. The first kappa shape index (κ1) is 13.6. The SMILES string of the molecule is Cc1c(C(C)NC(=O)C(C)(C)N)oc2ccccc12. The highest BCUT2D eigenvalue weighted by Crippen LogP contribution is 2.29. The van der Waals surface area contributed by atoms with Crippen LogP contribution in [0.5, 0.6) is 0 Å². The summed E-state index contributed by atoms with van der Waals surface area (Å²) in [6, 6.07) is 7.64. The lowest BCUT2D eigenvalue weighted by molar-refractivity contribution is -0.126. The van der Waals surface area contributed by atoms with E-state index in [1.165, 1.54) is 0 Å². The summed E-state index contributed by atoms with van der Waals surface area (Å²) in [5, 5.41) is 3.95. The number of benzene rings is 1. The summed E-state index contributed by atoms with van der Waals surface area (Å²) in [4.78, 5) is 11.9. The third-order valence-corrected chi connectivity index (χ3v) is 3.21. The highest BCUT2D eigenvalue weighted by atomic mass is 16.3. The summed E-state index contributed by atoms with van der Waals surface area (Å²) in [5.74, 6) is 0.582. The molecule has 1 heterocycles. The molecule has 1 aromatic heterocycles. The van der Waals surface area contributed by atoms with Crippen molar-refractivity contribution in [2.45, 2.75) is 39.3 Å². The lowest BCUT2D eigenvalue weighted by Crippen LogP contribution is -2.49. The molecule has 2 aromatic rings. The van der Waals surface area contributed by atoms with E-state index in [4.69, 9.17) is 10.2 Å². The first-order chi connectivity index (χ1) is 8.80. The Kier molecular flexibility index (Phi) is 3.37. The molecule has 4 nitrogen and oxygen atoms in total. The van der Waals surface area contributed by atoms with Gasteiger partial charge in [0.05, 0.1) is 11.6 Å². The maximum absolute atomic E-state index is 11.9. The van der Waals surface area contributed by atoms with Gasteiger partial charge in [0.1, 0.15) is 11.3 Å². The number of furan rings is 1. The number of nitrogens with two attached hydrogens (primary N) is 1. The molecule has 0 spiro atoms. The number of carbonyl (C=O) groups is 1. The van der Waals surface area contributed by atoms with Crippen LogP contribution in [0.3, 0.4) is 0 Å². The first-order valence-corrected chi connectivity index (χ1v) is 6.38. The fourth-order valence-corrected chi connectivity index (χ4v) is 2.05. The zero-order valence-corrected chi connectivity index (χ0v) is 11.8. The molecule has 1 atom stereocenters. The molecule has 1 aromatic carbocycles. The molecule has 0 aliphatic rings. The predicted octanol–water partition coefficient (Wildman–Crippen LogP) is 2.66. The molecule has 0 radical (unpaired) electrons. The van der Waals surface area contributed by atoms with E-state index >= 15 is 0 Å². The van der Waals surface area contributed by atoms with Gasteiger partial charge in [0.15, 0.2) is 0 Å². The van der Waals surface area contributed by atoms with E-state index in [9.17, 15) is 4.79 Å². The minimum absolute atomic E-state index is 0.195. The maximum Gasteiger partial charge on any atom is 0.240 e. The Morgan fingerprint density at radius 1 is 1.37 bits per heavy atom. The largest absolute Gasteiger partial charge is 0.459 e. The van der Waals surface area contributed by atoms with Crippen LogP contribution in [0.25, 0.3) is 11.0 Å². The molecule has 0 bridgehead atoms. The van der Waals surface area contributed by atoms with Crippen LogP contribution >= 0.6 is 0 Å². The second-order valence-corrected chi connectivity index (χ2v) is 5.50. The van der Waals surface area contributed by atoms with Crippen LogP contribution in [0.4, 0.5) is 0 Å². The van der Waals surface area contributed by atoms with Gasteiger partial charge in [-0.1, -0.05) is 18.2 Å². The van der Waals surface area contributed by atoms with Gasteiger partial charge in [0.2, 0.25) is 5.91 Å². The monoisotopic (exact) mass is 260 g/mol. The molecule has 0 saturated carbocycles. The van der Waals surface area contributed by atoms with E-state index in [-0.39, 0.29) is 11.9 Å². The number of hydrogen-bond donors (Lipinski definition) is 2. The normalized spacial score (nSPS) is 13.5. The van der Waals surface area contributed by atoms with Gasteiger partial charge in [-0.15, -0.1) is 0 Å². The molecule has 102 valence electrons.